The number of H-pyrrole nitrogens is 1. The summed E-state index contributed by atoms with van der Waals surface area (Å²) in [5.41, 5.74) is 4.50. The molecule has 1 spiro atoms. The zero-order valence-electron chi connectivity index (χ0n) is 23.0. The highest BCUT2D eigenvalue weighted by Gasteiger charge is 2.36. The summed E-state index contributed by atoms with van der Waals surface area (Å²) >= 11 is 0. The van der Waals surface area contributed by atoms with Crippen molar-refractivity contribution >= 4 is 16.6 Å². The van der Waals surface area contributed by atoms with Gasteiger partial charge in [-0.3, -0.25) is 4.90 Å². The van der Waals surface area contributed by atoms with Gasteiger partial charge in [-0.15, -0.1) is 0 Å². The minimum atomic E-state index is -2.64. The average molecular weight is 545 g/mol. The number of fused-ring (bicyclic) bond motifs is 3. The van der Waals surface area contributed by atoms with E-state index in [1.54, 1.807) is 0 Å². The summed E-state index contributed by atoms with van der Waals surface area (Å²) in [5.74, 6) is -3.61. The fourth-order valence-electron chi connectivity index (χ4n) is 6.73. The highest BCUT2D eigenvalue weighted by Crippen LogP contribution is 2.40. The van der Waals surface area contributed by atoms with Crippen molar-refractivity contribution < 1.29 is 17.6 Å². The Morgan fingerprint density at radius 2 is 1.74 bits per heavy atom. The second-order valence-corrected chi connectivity index (χ2v) is 11.9. The van der Waals surface area contributed by atoms with Gasteiger partial charge in [0.05, 0.1) is 6.54 Å². The van der Waals surface area contributed by atoms with Crippen LogP contribution in [0.15, 0.2) is 42.5 Å². The minimum Gasteiger partial charge on any atom is -0.371 e. The summed E-state index contributed by atoms with van der Waals surface area (Å²) < 4.78 is 53.2. The summed E-state index contributed by atoms with van der Waals surface area (Å²) in [6.45, 7) is 7.39. The van der Waals surface area contributed by atoms with E-state index in [1.165, 1.54) is 48.8 Å². The molecule has 2 aromatic carbocycles. The Balaban J connectivity index is 0.000000158. The SMILES string of the molecule is CC1Cc2c([nH]c3ccccc23)CN1CC(C)(F)F.Fc1cc(F)cc(N2CCCC3(CCCNCC3)C2)c1. The van der Waals surface area contributed by atoms with Gasteiger partial charge < -0.3 is 15.2 Å². The fourth-order valence-corrected chi connectivity index (χ4v) is 6.73. The number of piperidine rings is 1. The lowest BCUT2D eigenvalue weighted by Crippen LogP contribution is -2.44. The van der Waals surface area contributed by atoms with Gasteiger partial charge in [-0.25, -0.2) is 17.6 Å². The quantitative estimate of drug-likeness (QED) is 0.352. The van der Waals surface area contributed by atoms with Gasteiger partial charge >= 0.3 is 0 Å². The lowest BCUT2D eigenvalue weighted by atomic mass is 9.74. The topological polar surface area (TPSA) is 34.3 Å². The van der Waals surface area contributed by atoms with Crippen molar-refractivity contribution in [3.8, 4) is 0 Å². The Bertz CT molecular complexity index is 1240. The number of hydrogen-bond acceptors (Lipinski definition) is 3. The summed E-state index contributed by atoms with van der Waals surface area (Å²) in [6.07, 6.45) is 6.76. The Morgan fingerprint density at radius 3 is 2.51 bits per heavy atom. The molecule has 6 rings (SSSR count). The lowest BCUT2D eigenvalue weighted by Gasteiger charge is -2.43. The van der Waals surface area contributed by atoms with E-state index in [9.17, 15) is 17.6 Å². The standard InChI is InChI=1S/C16H22F2N2.C15H18F2N2/c17-13-9-14(18)11-15(10-13)20-8-2-4-16(12-20)3-1-6-19-7-5-16;1-10-7-12-11-5-3-4-6-13(11)18-14(12)8-19(10)9-15(2,16)17/h9-11,19H,1-8,12H2;3-6,10,18H,7-9H2,1-2H3. The van der Waals surface area contributed by atoms with Gasteiger partial charge in [-0.05, 0) is 87.7 Å². The van der Waals surface area contributed by atoms with Crippen molar-refractivity contribution in [3.05, 3.63) is 65.4 Å². The highest BCUT2D eigenvalue weighted by atomic mass is 19.3. The number of nitrogens with zero attached hydrogens (tertiary/aromatic N) is 2. The van der Waals surface area contributed by atoms with Crippen molar-refractivity contribution in [2.75, 3.05) is 37.6 Å². The first-order chi connectivity index (χ1) is 18.6. The van der Waals surface area contributed by atoms with Crippen molar-refractivity contribution in [2.45, 2.75) is 70.9 Å². The maximum absolute atomic E-state index is 13.4. The average Bonchev–Trinajstić information content (AvgIpc) is 3.07. The summed E-state index contributed by atoms with van der Waals surface area (Å²) in [7, 11) is 0. The minimum absolute atomic E-state index is 0.150. The number of aromatic nitrogens is 1. The Morgan fingerprint density at radius 1 is 1.00 bits per heavy atom. The number of anilines is 1. The molecule has 0 radical (unpaired) electrons. The van der Waals surface area contributed by atoms with Crippen LogP contribution >= 0.6 is 0 Å². The van der Waals surface area contributed by atoms with Crippen LogP contribution in [0.1, 0.15) is 57.2 Å². The van der Waals surface area contributed by atoms with Gasteiger partial charge in [0.25, 0.3) is 5.92 Å². The fraction of sp³-hybridized carbons (Fsp3) is 0.548. The predicted molar refractivity (Wildman–Crippen MR) is 149 cm³/mol. The van der Waals surface area contributed by atoms with E-state index in [2.05, 4.69) is 21.3 Å². The van der Waals surface area contributed by atoms with E-state index in [0.717, 1.165) is 63.2 Å². The molecule has 2 unspecified atom stereocenters. The Hall–Kier alpha value is -2.58. The molecule has 4 nitrogen and oxygen atoms in total. The van der Waals surface area contributed by atoms with Crippen LogP contribution < -0.4 is 10.2 Å². The number of para-hydroxylation sites is 1. The molecule has 3 aliphatic heterocycles. The predicted octanol–water partition coefficient (Wildman–Crippen LogP) is 6.89. The zero-order valence-corrected chi connectivity index (χ0v) is 23.0. The second kappa shape index (κ2) is 11.5. The van der Waals surface area contributed by atoms with Crippen LogP contribution in [0, 0.1) is 17.0 Å². The molecule has 3 aliphatic rings. The lowest BCUT2D eigenvalue weighted by molar-refractivity contribution is -0.0293. The van der Waals surface area contributed by atoms with Crippen LogP contribution in [-0.4, -0.2) is 54.6 Å². The molecule has 212 valence electrons. The molecule has 0 amide bonds. The molecule has 4 heterocycles. The van der Waals surface area contributed by atoms with Crippen molar-refractivity contribution in [1.82, 2.24) is 15.2 Å². The van der Waals surface area contributed by atoms with Crippen LogP contribution in [0.3, 0.4) is 0 Å². The molecule has 39 heavy (non-hydrogen) atoms. The molecule has 3 aromatic rings. The molecule has 0 saturated carbocycles. The largest absolute Gasteiger partial charge is 0.371 e. The monoisotopic (exact) mass is 544 g/mol. The molecular weight excluding hydrogens is 504 g/mol. The third-order valence-electron chi connectivity index (χ3n) is 8.63. The van der Waals surface area contributed by atoms with Crippen LogP contribution in [0.2, 0.25) is 0 Å². The summed E-state index contributed by atoms with van der Waals surface area (Å²) in [6, 6.07) is 12.2. The number of alkyl halides is 2. The van der Waals surface area contributed by atoms with E-state index >= 15 is 0 Å². The van der Waals surface area contributed by atoms with E-state index in [4.69, 9.17) is 0 Å². The first kappa shape index (κ1) is 28.0. The smallest absolute Gasteiger partial charge is 0.257 e. The maximum Gasteiger partial charge on any atom is 0.257 e. The number of hydrogen-bond donors (Lipinski definition) is 2. The molecule has 2 saturated heterocycles. The molecule has 2 N–H and O–H groups in total. The first-order valence-corrected chi connectivity index (χ1v) is 14.2. The van der Waals surface area contributed by atoms with Crippen molar-refractivity contribution in [1.29, 1.82) is 0 Å². The molecule has 8 heteroatoms. The Labute approximate surface area is 228 Å². The summed E-state index contributed by atoms with van der Waals surface area (Å²) in [4.78, 5) is 7.39. The molecule has 2 atom stereocenters. The van der Waals surface area contributed by atoms with Gasteiger partial charge in [-0.2, -0.15) is 0 Å². The normalized spacial score (nSPS) is 24.3. The number of rotatable bonds is 3. The van der Waals surface area contributed by atoms with E-state index < -0.39 is 17.6 Å². The molecule has 1 aromatic heterocycles. The Kier molecular flexibility index (Phi) is 8.24. The van der Waals surface area contributed by atoms with Crippen LogP contribution in [0.4, 0.5) is 23.2 Å². The van der Waals surface area contributed by atoms with Gasteiger partial charge in [0.2, 0.25) is 0 Å². The number of aromatic amines is 1. The van der Waals surface area contributed by atoms with Gasteiger partial charge in [-0.1, -0.05) is 18.2 Å². The number of benzene rings is 2. The molecule has 0 aliphatic carbocycles. The zero-order chi connectivity index (χ0) is 27.6. The third kappa shape index (κ3) is 6.77. The second-order valence-electron chi connectivity index (χ2n) is 11.9. The van der Waals surface area contributed by atoms with E-state index in [0.29, 0.717) is 17.6 Å². The number of nitrogens with one attached hydrogen (secondary N) is 2. The van der Waals surface area contributed by atoms with E-state index in [1.807, 2.05) is 30.0 Å². The van der Waals surface area contributed by atoms with Gasteiger partial charge in [0.15, 0.2) is 0 Å². The van der Waals surface area contributed by atoms with Gasteiger partial charge in [0, 0.05) is 61.0 Å². The molecule has 0 bridgehead atoms. The van der Waals surface area contributed by atoms with Crippen LogP contribution in [-0.2, 0) is 13.0 Å². The van der Waals surface area contributed by atoms with Gasteiger partial charge in [0.1, 0.15) is 11.6 Å². The van der Waals surface area contributed by atoms with Crippen LogP contribution in [0.5, 0.6) is 0 Å². The summed E-state index contributed by atoms with van der Waals surface area (Å²) in [5, 5.41) is 4.68. The number of halogens is 4. The van der Waals surface area contributed by atoms with Crippen molar-refractivity contribution in [3.63, 3.8) is 0 Å². The third-order valence-corrected chi connectivity index (χ3v) is 8.63. The molecule has 2 fully saturated rings. The van der Waals surface area contributed by atoms with E-state index in [-0.39, 0.29) is 12.6 Å². The van der Waals surface area contributed by atoms with Crippen LogP contribution in [0.25, 0.3) is 10.9 Å². The maximum atomic E-state index is 13.4. The van der Waals surface area contributed by atoms with Crippen molar-refractivity contribution in [2.24, 2.45) is 5.41 Å². The molecular formula is C31H40F4N4. The first-order valence-electron chi connectivity index (χ1n) is 14.2. The highest BCUT2D eigenvalue weighted by molar-refractivity contribution is 5.84.